The third-order valence-corrected chi connectivity index (χ3v) is 7.37. The lowest BCUT2D eigenvalue weighted by atomic mass is 9.69. The summed E-state index contributed by atoms with van der Waals surface area (Å²) in [5.41, 5.74) is 3.66. The fourth-order valence-electron chi connectivity index (χ4n) is 4.54. The zero-order chi connectivity index (χ0) is 28.8. The van der Waals surface area contributed by atoms with E-state index in [9.17, 15) is 19.8 Å². The maximum Gasteiger partial charge on any atom is 0.323 e. The molecule has 1 unspecified atom stereocenters. The average molecular weight is 526 g/mol. The van der Waals surface area contributed by atoms with E-state index < -0.39 is 24.5 Å². The first-order chi connectivity index (χ1) is 17.7. The molecular weight excluding hydrogens is 482 g/mol. The Kier molecular flexibility index (Phi) is 10.2. The smallest absolute Gasteiger partial charge is 0.323 e. The van der Waals surface area contributed by atoms with Crippen LogP contribution in [0.5, 0.6) is 11.5 Å². The van der Waals surface area contributed by atoms with E-state index >= 15 is 0 Å². The third-order valence-electron chi connectivity index (χ3n) is 7.37. The molecule has 1 amide bonds. The molecule has 0 saturated carbocycles. The molecule has 0 aromatic heterocycles. The van der Waals surface area contributed by atoms with Gasteiger partial charge in [0.15, 0.2) is 0 Å². The Morgan fingerprint density at radius 1 is 1.03 bits per heavy atom. The summed E-state index contributed by atoms with van der Waals surface area (Å²) in [6.07, 6.45) is 3.84. The van der Waals surface area contributed by atoms with Crippen molar-refractivity contribution in [1.29, 1.82) is 0 Å². The van der Waals surface area contributed by atoms with Gasteiger partial charge in [0.2, 0.25) is 5.91 Å². The van der Waals surface area contributed by atoms with Crippen molar-refractivity contribution >= 4 is 18.0 Å². The SMILES string of the molecule is CCC(CC)(c1ccc(OCC(O)C(C)(C)C)c(C)c1)c1cc(C)c(O)c(/C=C/C(=O)N(C)CC(=O)O)c1. The van der Waals surface area contributed by atoms with Crippen LogP contribution in [0.25, 0.3) is 6.08 Å². The molecule has 1 atom stereocenters. The molecule has 2 aromatic rings. The van der Waals surface area contributed by atoms with Gasteiger partial charge in [-0.3, -0.25) is 9.59 Å². The van der Waals surface area contributed by atoms with E-state index in [-0.39, 0.29) is 23.2 Å². The fraction of sp³-hybridized carbons (Fsp3) is 0.484. The molecule has 2 aromatic carbocycles. The summed E-state index contributed by atoms with van der Waals surface area (Å²) >= 11 is 0. The minimum atomic E-state index is -1.09. The van der Waals surface area contributed by atoms with E-state index in [1.165, 1.54) is 19.2 Å². The number of hydrogen-bond donors (Lipinski definition) is 3. The van der Waals surface area contributed by atoms with Gasteiger partial charge in [-0.1, -0.05) is 52.8 Å². The Balaban J connectivity index is 2.46. The second-order valence-electron chi connectivity index (χ2n) is 11.1. The Labute approximate surface area is 226 Å². The topological polar surface area (TPSA) is 107 Å². The van der Waals surface area contributed by atoms with Crippen molar-refractivity contribution in [2.24, 2.45) is 5.41 Å². The molecule has 38 heavy (non-hydrogen) atoms. The van der Waals surface area contributed by atoms with Crippen LogP contribution >= 0.6 is 0 Å². The minimum absolute atomic E-state index is 0.0807. The van der Waals surface area contributed by atoms with Crippen molar-refractivity contribution in [3.05, 3.63) is 64.2 Å². The predicted molar refractivity (Wildman–Crippen MR) is 151 cm³/mol. The lowest BCUT2D eigenvalue weighted by molar-refractivity contribution is -0.141. The van der Waals surface area contributed by atoms with Crippen LogP contribution in [0.2, 0.25) is 0 Å². The molecule has 0 heterocycles. The number of aliphatic carboxylic acids is 1. The van der Waals surface area contributed by atoms with E-state index in [1.54, 1.807) is 0 Å². The monoisotopic (exact) mass is 525 g/mol. The molecule has 0 bridgehead atoms. The molecular formula is C31H43NO6. The highest BCUT2D eigenvalue weighted by Gasteiger charge is 2.32. The van der Waals surface area contributed by atoms with Crippen LogP contribution < -0.4 is 4.74 Å². The number of carbonyl (C=O) groups excluding carboxylic acids is 1. The molecule has 2 rings (SSSR count). The molecule has 0 aliphatic heterocycles. The number of benzene rings is 2. The third kappa shape index (κ3) is 7.16. The Morgan fingerprint density at radius 3 is 2.16 bits per heavy atom. The van der Waals surface area contributed by atoms with Crippen LogP contribution in [0.1, 0.15) is 75.3 Å². The summed E-state index contributed by atoms with van der Waals surface area (Å²) < 4.78 is 5.95. The molecule has 3 N–H and O–H groups in total. The van der Waals surface area contributed by atoms with E-state index in [0.29, 0.717) is 11.1 Å². The number of carboxylic acids is 1. The van der Waals surface area contributed by atoms with Crippen molar-refractivity contribution in [2.45, 2.75) is 72.8 Å². The summed E-state index contributed by atoms with van der Waals surface area (Å²) in [5.74, 6) is -0.748. The van der Waals surface area contributed by atoms with Gasteiger partial charge in [-0.15, -0.1) is 0 Å². The number of ether oxygens (including phenoxy) is 1. The van der Waals surface area contributed by atoms with Gasteiger partial charge in [-0.05, 0) is 72.6 Å². The second kappa shape index (κ2) is 12.5. The highest BCUT2D eigenvalue weighted by atomic mass is 16.5. The number of hydrogen-bond acceptors (Lipinski definition) is 5. The summed E-state index contributed by atoms with van der Waals surface area (Å²) in [6.45, 7) is 13.8. The van der Waals surface area contributed by atoms with Crippen molar-refractivity contribution in [2.75, 3.05) is 20.2 Å². The van der Waals surface area contributed by atoms with Crippen molar-refractivity contribution in [3.8, 4) is 11.5 Å². The Morgan fingerprint density at radius 2 is 1.63 bits per heavy atom. The predicted octanol–water partition coefficient (Wildman–Crippen LogP) is 5.46. The number of nitrogens with zero attached hydrogens (tertiary/aromatic N) is 1. The molecule has 7 heteroatoms. The van der Waals surface area contributed by atoms with Gasteiger partial charge >= 0.3 is 5.97 Å². The van der Waals surface area contributed by atoms with E-state index in [0.717, 1.165) is 40.2 Å². The van der Waals surface area contributed by atoms with Gasteiger partial charge in [0, 0.05) is 24.1 Å². The minimum Gasteiger partial charge on any atom is -0.507 e. The summed E-state index contributed by atoms with van der Waals surface area (Å²) in [4.78, 5) is 24.4. The number of carbonyl (C=O) groups is 2. The van der Waals surface area contributed by atoms with Crippen LogP contribution in [0.4, 0.5) is 0 Å². The summed E-state index contributed by atoms with van der Waals surface area (Å²) in [5, 5.41) is 30.0. The number of phenolic OH excluding ortho intramolecular Hbond substituents is 1. The lowest BCUT2D eigenvalue weighted by Gasteiger charge is -2.34. The van der Waals surface area contributed by atoms with Gasteiger partial charge in [-0.25, -0.2) is 0 Å². The van der Waals surface area contributed by atoms with E-state index in [1.807, 2.05) is 52.8 Å². The molecule has 0 saturated heterocycles. The van der Waals surface area contributed by atoms with Crippen molar-refractivity contribution in [1.82, 2.24) is 4.90 Å². The number of aliphatic hydroxyl groups is 1. The van der Waals surface area contributed by atoms with Gasteiger partial charge in [0.25, 0.3) is 0 Å². The van der Waals surface area contributed by atoms with Crippen LogP contribution in [-0.2, 0) is 15.0 Å². The summed E-state index contributed by atoms with van der Waals surface area (Å²) in [6, 6.07) is 10.0. The van der Waals surface area contributed by atoms with Gasteiger partial charge in [0.1, 0.15) is 24.7 Å². The van der Waals surface area contributed by atoms with E-state index in [2.05, 4.69) is 26.0 Å². The first-order valence-electron chi connectivity index (χ1n) is 13.1. The molecule has 7 nitrogen and oxygen atoms in total. The van der Waals surface area contributed by atoms with Crippen LogP contribution in [-0.4, -0.2) is 58.4 Å². The number of aliphatic hydroxyl groups excluding tert-OH is 1. The van der Waals surface area contributed by atoms with Crippen LogP contribution in [0.3, 0.4) is 0 Å². The normalized spacial score (nSPS) is 13.0. The maximum atomic E-state index is 12.3. The van der Waals surface area contributed by atoms with E-state index in [4.69, 9.17) is 9.84 Å². The zero-order valence-electron chi connectivity index (χ0n) is 24.0. The quantitative estimate of drug-likeness (QED) is 0.337. The average Bonchev–Trinajstić information content (AvgIpc) is 2.84. The molecule has 0 fully saturated rings. The van der Waals surface area contributed by atoms with Gasteiger partial charge in [0.05, 0.1) is 6.10 Å². The van der Waals surface area contributed by atoms with Gasteiger partial charge < -0.3 is 25.0 Å². The fourth-order valence-corrected chi connectivity index (χ4v) is 4.54. The summed E-state index contributed by atoms with van der Waals surface area (Å²) in [7, 11) is 1.42. The number of carboxylic acid groups (broad SMARTS) is 1. The number of amides is 1. The molecule has 0 aliphatic carbocycles. The highest BCUT2D eigenvalue weighted by molar-refractivity contribution is 5.93. The number of likely N-dealkylation sites (N-methyl/N-ethyl adjacent to an activating group) is 1. The molecule has 0 spiro atoms. The first kappa shape index (κ1) is 30.9. The van der Waals surface area contributed by atoms with Crippen molar-refractivity contribution in [3.63, 3.8) is 0 Å². The standard InChI is InChI=1S/C31H43NO6/c1-9-31(10-2,23-12-13-25(20(3)15-23)38-19-26(33)30(5,6)7)24-16-21(4)29(37)22(17-24)11-14-27(34)32(8)18-28(35)36/h11-17,26,33,37H,9-10,18-19H2,1-8H3,(H,35,36)/b14-11+. The highest BCUT2D eigenvalue weighted by Crippen LogP contribution is 2.42. The van der Waals surface area contributed by atoms with Crippen LogP contribution in [0, 0.1) is 19.3 Å². The Hall–Kier alpha value is -3.32. The van der Waals surface area contributed by atoms with Crippen LogP contribution in [0.15, 0.2) is 36.4 Å². The molecule has 208 valence electrons. The number of aromatic hydroxyl groups is 1. The largest absolute Gasteiger partial charge is 0.507 e. The maximum absolute atomic E-state index is 12.3. The zero-order valence-corrected chi connectivity index (χ0v) is 24.0. The van der Waals surface area contributed by atoms with Crippen molar-refractivity contribution < 1.29 is 29.6 Å². The second-order valence-corrected chi connectivity index (χ2v) is 11.1. The lowest BCUT2D eigenvalue weighted by Crippen LogP contribution is -2.32. The molecule has 0 radical (unpaired) electrons. The number of phenols is 1. The number of rotatable bonds is 11. The first-order valence-corrected chi connectivity index (χ1v) is 13.1. The number of aryl methyl sites for hydroxylation is 2. The molecule has 0 aliphatic rings. The Bertz CT molecular complexity index is 1170. The van der Waals surface area contributed by atoms with Gasteiger partial charge in [-0.2, -0.15) is 0 Å².